The molecule has 0 aromatic rings. The van der Waals surface area contributed by atoms with Crippen molar-refractivity contribution in [3.63, 3.8) is 0 Å². The molecule has 52 valence electrons. The smallest absolute Gasteiger partial charge is 0.307 e. The van der Waals surface area contributed by atoms with Crippen LogP contribution in [0.1, 0.15) is 6.92 Å². The van der Waals surface area contributed by atoms with Gasteiger partial charge in [0.1, 0.15) is 10.6 Å². The third-order valence-electron chi connectivity index (χ3n) is 0.513. The van der Waals surface area contributed by atoms with Crippen molar-refractivity contribution in [3.05, 3.63) is 10.6 Å². The zero-order valence-corrected chi connectivity index (χ0v) is 6.75. The molecule has 9 heavy (non-hydrogen) atoms. The summed E-state index contributed by atoms with van der Waals surface area (Å²) in [6.07, 6.45) is 3.01. The summed E-state index contributed by atoms with van der Waals surface area (Å²) >= 11 is 6.77. The molecule has 0 fully saturated rings. The van der Waals surface area contributed by atoms with Gasteiger partial charge in [-0.25, -0.2) is 0 Å². The molecule has 0 aromatic carbocycles. The number of hydrogen-bond donors (Lipinski definition) is 0. The van der Waals surface area contributed by atoms with Gasteiger partial charge in [-0.15, -0.1) is 11.8 Å². The molecule has 0 amide bonds. The molecule has 2 nitrogen and oxygen atoms in total. The van der Waals surface area contributed by atoms with Crippen molar-refractivity contribution in [2.75, 3.05) is 6.26 Å². The van der Waals surface area contributed by atoms with E-state index in [2.05, 4.69) is 4.74 Å². The van der Waals surface area contributed by atoms with Gasteiger partial charge in [0.05, 0.1) is 0 Å². The van der Waals surface area contributed by atoms with Crippen LogP contribution in [0.15, 0.2) is 10.6 Å². The Morgan fingerprint density at radius 1 is 1.78 bits per heavy atom. The van der Waals surface area contributed by atoms with Crippen LogP contribution in [0.4, 0.5) is 0 Å². The lowest BCUT2D eigenvalue weighted by atomic mass is 10.8. The maximum Gasteiger partial charge on any atom is 0.307 e. The number of esters is 1. The normalized spacial score (nSPS) is 11.2. The molecule has 0 radical (unpaired) electrons. The van der Waals surface area contributed by atoms with E-state index in [9.17, 15) is 4.79 Å². The van der Waals surface area contributed by atoms with Crippen molar-refractivity contribution in [3.8, 4) is 0 Å². The SMILES string of the molecule is CS/C(Cl)=C/OC(C)=O. The van der Waals surface area contributed by atoms with Crippen molar-refractivity contribution >= 4 is 29.3 Å². The molecule has 4 heteroatoms. The summed E-state index contributed by atoms with van der Waals surface area (Å²) in [6, 6.07) is 0. The second-order valence-corrected chi connectivity index (χ2v) is 2.71. The molecule has 0 atom stereocenters. The predicted octanol–water partition coefficient (Wildman–Crippen LogP) is 1.95. The molecule has 0 saturated carbocycles. The van der Waals surface area contributed by atoms with Gasteiger partial charge in [0.2, 0.25) is 0 Å². The van der Waals surface area contributed by atoms with Crippen molar-refractivity contribution in [1.29, 1.82) is 0 Å². The van der Waals surface area contributed by atoms with E-state index in [0.29, 0.717) is 4.36 Å². The van der Waals surface area contributed by atoms with Crippen LogP contribution >= 0.6 is 23.4 Å². The lowest BCUT2D eigenvalue weighted by Gasteiger charge is -1.91. The van der Waals surface area contributed by atoms with E-state index in [-0.39, 0.29) is 5.97 Å². The predicted molar refractivity (Wildman–Crippen MR) is 39.2 cm³/mol. The maximum absolute atomic E-state index is 10.1. The fraction of sp³-hybridized carbons (Fsp3) is 0.400. The zero-order valence-electron chi connectivity index (χ0n) is 5.18. The highest BCUT2D eigenvalue weighted by Crippen LogP contribution is 2.15. The Labute approximate surface area is 63.2 Å². The van der Waals surface area contributed by atoms with Crippen molar-refractivity contribution in [2.24, 2.45) is 0 Å². The number of carbonyl (C=O) groups excluding carboxylic acids is 1. The number of halogens is 1. The third kappa shape index (κ3) is 5.73. The van der Waals surface area contributed by atoms with Crippen LogP contribution in [0.5, 0.6) is 0 Å². The molecule has 0 aromatic heterocycles. The Morgan fingerprint density at radius 2 is 2.33 bits per heavy atom. The number of carbonyl (C=O) groups is 1. The number of thioether (sulfide) groups is 1. The zero-order chi connectivity index (χ0) is 7.28. The lowest BCUT2D eigenvalue weighted by Crippen LogP contribution is -1.89. The quantitative estimate of drug-likeness (QED) is 0.464. The van der Waals surface area contributed by atoms with E-state index < -0.39 is 0 Å². The summed E-state index contributed by atoms with van der Waals surface area (Å²) in [5.41, 5.74) is 0. The first-order valence-corrected chi connectivity index (χ1v) is 3.84. The highest BCUT2D eigenvalue weighted by atomic mass is 35.5. The van der Waals surface area contributed by atoms with E-state index in [1.807, 2.05) is 0 Å². The Morgan fingerprint density at radius 3 is 2.67 bits per heavy atom. The molecule has 0 N–H and O–H groups in total. The van der Waals surface area contributed by atoms with Crippen molar-refractivity contribution < 1.29 is 9.53 Å². The first-order valence-electron chi connectivity index (χ1n) is 2.23. The fourth-order valence-corrected chi connectivity index (χ4v) is 0.366. The van der Waals surface area contributed by atoms with Gasteiger partial charge in [0, 0.05) is 6.92 Å². The number of ether oxygens (including phenoxy) is 1. The van der Waals surface area contributed by atoms with Gasteiger partial charge in [-0.2, -0.15) is 0 Å². The molecule has 0 spiro atoms. The van der Waals surface area contributed by atoms with Crippen LogP contribution in [-0.2, 0) is 9.53 Å². The Balaban J connectivity index is 3.56. The van der Waals surface area contributed by atoms with Gasteiger partial charge < -0.3 is 4.74 Å². The van der Waals surface area contributed by atoms with Gasteiger partial charge in [0.15, 0.2) is 0 Å². The first-order chi connectivity index (χ1) is 4.16. The summed E-state index contributed by atoms with van der Waals surface area (Å²) in [4.78, 5) is 10.1. The first kappa shape index (κ1) is 8.85. The van der Waals surface area contributed by atoms with E-state index >= 15 is 0 Å². The molecule has 0 unspecified atom stereocenters. The molecule has 0 rings (SSSR count). The van der Waals surface area contributed by atoms with Gasteiger partial charge in [0.25, 0.3) is 0 Å². The minimum absolute atomic E-state index is 0.359. The highest BCUT2D eigenvalue weighted by Gasteiger charge is 1.89. The lowest BCUT2D eigenvalue weighted by molar-refractivity contribution is -0.135. The van der Waals surface area contributed by atoms with Crippen molar-refractivity contribution in [1.82, 2.24) is 0 Å². The summed E-state index contributed by atoms with van der Waals surface area (Å²) in [5, 5.41) is 0. The van der Waals surface area contributed by atoms with E-state index in [1.165, 1.54) is 24.9 Å². The molecule has 0 bridgehead atoms. The summed E-state index contributed by atoms with van der Waals surface area (Å²) in [5.74, 6) is -0.359. The Hall–Kier alpha value is -0.150. The van der Waals surface area contributed by atoms with Crippen LogP contribution in [-0.4, -0.2) is 12.2 Å². The summed E-state index contributed by atoms with van der Waals surface area (Å²) < 4.78 is 4.90. The van der Waals surface area contributed by atoms with Crippen LogP contribution < -0.4 is 0 Å². The number of hydrogen-bond acceptors (Lipinski definition) is 3. The Kier molecular flexibility index (Phi) is 4.62. The summed E-state index contributed by atoms with van der Waals surface area (Å²) in [6.45, 7) is 1.32. The topological polar surface area (TPSA) is 26.3 Å². The second kappa shape index (κ2) is 4.70. The molecule has 0 heterocycles. The van der Waals surface area contributed by atoms with Gasteiger partial charge >= 0.3 is 5.97 Å². The molecule has 0 saturated heterocycles. The summed E-state index contributed by atoms with van der Waals surface area (Å²) in [7, 11) is 0. The molecule has 0 aliphatic carbocycles. The monoisotopic (exact) mass is 166 g/mol. The van der Waals surface area contributed by atoms with E-state index in [4.69, 9.17) is 11.6 Å². The van der Waals surface area contributed by atoms with Crippen LogP contribution in [0.2, 0.25) is 0 Å². The second-order valence-electron chi connectivity index (χ2n) is 1.24. The maximum atomic E-state index is 10.1. The molecular formula is C5H7ClO2S. The standard InChI is InChI=1S/C5H7ClO2S/c1-4(7)8-3-5(6)9-2/h3H,1-2H3/b5-3+. The van der Waals surface area contributed by atoms with E-state index in [0.717, 1.165) is 0 Å². The van der Waals surface area contributed by atoms with Crippen LogP contribution in [0.25, 0.3) is 0 Å². The van der Waals surface area contributed by atoms with Crippen molar-refractivity contribution in [2.45, 2.75) is 6.92 Å². The Bertz CT molecular complexity index is 133. The third-order valence-corrected chi connectivity index (χ3v) is 1.55. The molecule has 0 aliphatic rings. The average Bonchev–Trinajstić information content (AvgIpc) is 1.83. The van der Waals surface area contributed by atoms with Gasteiger partial charge in [-0.05, 0) is 6.26 Å². The number of rotatable bonds is 2. The average molecular weight is 167 g/mol. The minimum atomic E-state index is -0.359. The molecule has 0 aliphatic heterocycles. The van der Waals surface area contributed by atoms with Gasteiger partial charge in [-0.3, -0.25) is 4.79 Å². The highest BCUT2D eigenvalue weighted by molar-refractivity contribution is 8.03. The van der Waals surface area contributed by atoms with Gasteiger partial charge in [-0.1, -0.05) is 11.6 Å². The van der Waals surface area contributed by atoms with Crippen LogP contribution in [0.3, 0.4) is 0 Å². The molecular weight excluding hydrogens is 160 g/mol. The minimum Gasteiger partial charge on any atom is -0.433 e. The van der Waals surface area contributed by atoms with E-state index in [1.54, 1.807) is 6.26 Å². The van der Waals surface area contributed by atoms with Crippen LogP contribution in [0, 0.1) is 0 Å². The largest absolute Gasteiger partial charge is 0.433 e. The fourth-order valence-electron chi connectivity index (χ4n) is 0.177.